The molecule has 0 aliphatic heterocycles. The molecule has 0 bridgehead atoms. The van der Waals surface area contributed by atoms with E-state index in [1.807, 2.05) is 0 Å². The third-order valence-corrected chi connectivity index (χ3v) is 3.50. The van der Waals surface area contributed by atoms with E-state index in [1.165, 1.54) is 44.2 Å². The van der Waals surface area contributed by atoms with Gasteiger partial charge in [0, 0.05) is 0 Å². The molecule has 0 saturated carbocycles. The molecule has 1 aromatic carbocycles. The largest absolute Gasteiger partial charge is 0.508 e. The molecule has 122 valence electrons. The van der Waals surface area contributed by atoms with E-state index in [-0.39, 0.29) is 11.7 Å². The van der Waals surface area contributed by atoms with Crippen molar-refractivity contribution in [2.24, 2.45) is 0 Å². The number of aromatic hydroxyl groups is 1. The van der Waals surface area contributed by atoms with E-state index < -0.39 is 0 Å². The van der Waals surface area contributed by atoms with Crippen LogP contribution in [0.3, 0.4) is 0 Å². The summed E-state index contributed by atoms with van der Waals surface area (Å²) in [5, 5.41) is 9.16. The molecular formula is C19H28O3. The van der Waals surface area contributed by atoms with E-state index in [1.54, 1.807) is 12.1 Å². The summed E-state index contributed by atoms with van der Waals surface area (Å²) >= 11 is 0. The summed E-state index contributed by atoms with van der Waals surface area (Å²) in [7, 11) is 0. The van der Waals surface area contributed by atoms with Gasteiger partial charge in [0.05, 0.1) is 12.2 Å². The molecule has 0 atom stereocenters. The highest BCUT2D eigenvalue weighted by Gasteiger charge is 2.06. The highest BCUT2D eigenvalue weighted by atomic mass is 16.5. The molecule has 0 amide bonds. The van der Waals surface area contributed by atoms with Crippen molar-refractivity contribution in [2.45, 2.75) is 58.3 Å². The quantitative estimate of drug-likeness (QED) is 0.345. The fourth-order valence-corrected chi connectivity index (χ4v) is 2.20. The number of phenolic OH excluding ortho intramolecular Hbond substituents is 1. The number of phenols is 1. The van der Waals surface area contributed by atoms with E-state index in [9.17, 15) is 4.79 Å². The normalized spacial score (nSPS) is 11.0. The summed E-state index contributed by atoms with van der Waals surface area (Å²) < 4.78 is 5.21. The summed E-state index contributed by atoms with van der Waals surface area (Å²) in [5.41, 5.74) is 0.484. The molecule has 0 heterocycles. The first-order valence-electron chi connectivity index (χ1n) is 8.35. The molecule has 1 N–H and O–H groups in total. The molecule has 0 aromatic heterocycles. The fourth-order valence-electron chi connectivity index (χ4n) is 2.20. The van der Waals surface area contributed by atoms with Gasteiger partial charge in [0.1, 0.15) is 5.75 Å². The fraction of sp³-hybridized carbons (Fsp3) is 0.526. The molecule has 3 heteroatoms. The topological polar surface area (TPSA) is 46.5 Å². The smallest absolute Gasteiger partial charge is 0.338 e. The lowest BCUT2D eigenvalue weighted by Crippen LogP contribution is -2.06. The predicted octanol–water partition coefficient (Wildman–Crippen LogP) is 5.25. The van der Waals surface area contributed by atoms with E-state index in [0.29, 0.717) is 12.2 Å². The van der Waals surface area contributed by atoms with Crippen molar-refractivity contribution in [3.8, 4) is 5.75 Å². The number of carbonyl (C=O) groups excluding carboxylic acids is 1. The maximum absolute atomic E-state index is 11.7. The molecule has 0 aliphatic rings. The van der Waals surface area contributed by atoms with Crippen LogP contribution in [0.2, 0.25) is 0 Å². The number of carbonyl (C=O) groups is 1. The number of hydrogen-bond acceptors (Lipinski definition) is 3. The van der Waals surface area contributed by atoms with Crippen molar-refractivity contribution in [3.63, 3.8) is 0 Å². The van der Waals surface area contributed by atoms with Crippen molar-refractivity contribution in [3.05, 3.63) is 42.0 Å². The maximum Gasteiger partial charge on any atom is 0.338 e. The molecule has 0 aliphatic carbocycles. The second kappa shape index (κ2) is 11.8. The number of allylic oxidation sites excluding steroid dienone is 2. The van der Waals surface area contributed by atoms with Gasteiger partial charge in [-0.15, -0.1) is 0 Å². The zero-order valence-electron chi connectivity index (χ0n) is 13.6. The maximum atomic E-state index is 11.7. The van der Waals surface area contributed by atoms with Gasteiger partial charge in [-0.05, 0) is 49.9 Å². The second-order valence-electron chi connectivity index (χ2n) is 5.47. The van der Waals surface area contributed by atoms with E-state index in [4.69, 9.17) is 9.84 Å². The number of esters is 1. The predicted molar refractivity (Wildman–Crippen MR) is 90.1 cm³/mol. The average molecular weight is 304 g/mol. The number of unbranched alkanes of at least 4 members (excludes halogenated alkanes) is 6. The van der Waals surface area contributed by atoms with Crippen LogP contribution < -0.4 is 0 Å². The summed E-state index contributed by atoms with van der Waals surface area (Å²) in [6.45, 7) is 2.63. The number of ether oxygens (including phenoxy) is 1. The van der Waals surface area contributed by atoms with Crippen LogP contribution in [0.4, 0.5) is 0 Å². The minimum absolute atomic E-state index is 0.154. The molecule has 0 fully saturated rings. The van der Waals surface area contributed by atoms with Crippen molar-refractivity contribution >= 4 is 5.97 Å². The Labute approximate surface area is 134 Å². The highest BCUT2D eigenvalue weighted by molar-refractivity contribution is 5.89. The minimum Gasteiger partial charge on any atom is -0.508 e. The first kappa shape index (κ1) is 18.3. The van der Waals surface area contributed by atoms with Crippen molar-refractivity contribution < 1.29 is 14.6 Å². The first-order valence-corrected chi connectivity index (χ1v) is 8.35. The van der Waals surface area contributed by atoms with Gasteiger partial charge < -0.3 is 9.84 Å². The van der Waals surface area contributed by atoms with Gasteiger partial charge in [-0.25, -0.2) is 4.79 Å². The van der Waals surface area contributed by atoms with Gasteiger partial charge in [-0.1, -0.05) is 44.8 Å². The Morgan fingerprint density at radius 2 is 1.64 bits per heavy atom. The molecule has 22 heavy (non-hydrogen) atoms. The van der Waals surface area contributed by atoms with Crippen molar-refractivity contribution in [1.82, 2.24) is 0 Å². The summed E-state index contributed by atoms with van der Waals surface area (Å²) in [5.74, 6) is -0.163. The SMILES string of the molecule is CC/C=C/CCCCCCCCOC(=O)c1ccc(O)cc1. The number of hydrogen-bond donors (Lipinski definition) is 1. The Kier molecular flexibility index (Phi) is 9.84. The van der Waals surface area contributed by atoms with Gasteiger partial charge in [0.15, 0.2) is 0 Å². The number of benzene rings is 1. The number of rotatable bonds is 11. The molecule has 0 spiro atoms. The Morgan fingerprint density at radius 3 is 2.32 bits per heavy atom. The van der Waals surface area contributed by atoms with Gasteiger partial charge in [0.25, 0.3) is 0 Å². The standard InChI is InChI=1S/C19H28O3/c1-2-3-4-5-6-7-8-9-10-11-16-22-19(21)17-12-14-18(20)15-13-17/h3-4,12-15,20H,2,5-11,16H2,1H3/b4-3+. The van der Waals surface area contributed by atoms with E-state index in [0.717, 1.165) is 19.3 Å². The molecule has 3 nitrogen and oxygen atoms in total. The zero-order valence-corrected chi connectivity index (χ0v) is 13.6. The second-order valence-corrected chi connectivity index (χ2v) is 5.47. The van der Waals surface area contributed by atoms with Crippen LogP contribution in [0.1, 0.15) is 68.6 Å². The third kappa shape index (κ3) is 8.50. The Hall–Kier alpha value is -1.77. The van der Waals surface area contributed by atoms with Gasteiger partial charge in [0.2, 0.25) is 0 Å². The van der Waals surface area contributed by atoms with Crippen LogP contribution in [-0.4, -0.2) is 17.7 Å². The van der Waals surface area contributed by atoms with Crippen molar-refractivity contribution in [2.75, 3.05) is 6.61 Å². The lowest BCUT2D eigenvalue weighted by Gasteiger charge is -2.05. The molecular weight excluding hydrogens is 276 g/mol. The summed E-state index contributed by atoms with van der Waals surface area (Å²) in [6, 6.07) is 6.13. The first-order chi connectivity index (χ1) is 10.7. The van der Waals surface area contributed by atoms with Crippen LogP contribution in [0.25, 0.3) is 0 Å². The minimum atomic E-state index is -0.317. The zero-order chi connectivity index (χ0) is 16.0. The van der Waals surface area contributed by atoms with Gasteiger partial charge >= 0.3 is 5.97 Å². The van der Waals surface area contributed by atoms with Crippen LogP contribution in [0, 0.1) is 0 Å². The van der Waals surface area contributed by atoms with Crippen LogP contribution in [-0.2, 0) is 4.74 Å². The average Bonchev–Trinajstić information content (AvgIpc) is 2.53. The lowest BCUT2D eigenvalue weighted by atomic mass is 10.1. The van der Waals surface area contributed by atoms with Crippen LogP contribution in [0.5, 0.6) is 5.75 Å². The van der Waals surface area contributed by atoms with E-state index in [2.05, 4.69) is 19.1 Å². The molecule has 0 saturated heterocycles. The highest BCUT2D eigenvalue weighted by Crippen LogP contribution is 2.11. The molecule has 0 radical (unpaired) electrons. The lowest BCUT2D eigenvalue weighted by molar-refractivity contribution is 0.0497. The molecule has 1 rings (SSSR count). The molecule has 1 aromatic rings. The van der Waals surface area contributed by atoms with E-state index >= 15 is 0 Å². The summed E-state index contributed by atoms with van der Waals surface area (Å²) in [6.07, 6.45) is 13.8. The molecule has 0 unspecified atom stereocenters. The summed E-state index contributed by atoms with van der Waals surface area (Å²) in [4.78, 5) is 11.7. The van der Waals surface area contributed by atoms with Gasteiger partial charge in [-0.3, -0.25) is 0 Å². The van der Waals surface area contributed by atoms with Gasteiger partial charge in [-0.2, -0.15) is 0 Å². The third-order valence-electron chi connectivity index (χ3n) is 3.50. The Morgan fingerprint density at radius 1 is 1.00 bits per heavy atom. The Bertz CT molecular complexity index is 434. The Balaban J connectivity index is 1.96. The van der Waals surface area contributed by atoms with Crippen LogP contribution >= 0.6 is 0 Å². The van der Waals surface area contributed by atoms with Crippen molar-refractivity contribution in [1.29, 1.82) is 0 Å². The monoisotopic (exact) mass is 304 g/mol. The van der Waals surface area contributed by atoms with Crippen LogP contribution in [0.15, 0.2) is 36.4 Å².